The number of para-hydroxylation sites is 1. The lowest BCUT2D eigenvalue weighted by Gasteiger charge is -2.33. The molecule has 0 radical (unpaired) electrons. The molecule has 26 heavy (non-hydrogen) atoms. The summed E-state index contributed by atoms with van der Waals surface area (Å²) in [5, 5.41) is 0. The molecular weight excluding hydrogens is 334 g/mol. The molecule has 6 heteroatoms. The molecule has 138 valence electrons. The zero-order valence-corrected chi connectivity index (χ0v) is 15.0. The Balaban J connectivity index is 1.51. The summed E-state index contributed by atoms with van der Waals surface area (Å²) in [6, 6.07) is 12.4. The van der Waals surface area contributed by atoms with Gasteiger partial charge in [0.1, 0.15) is 23.4 Å². The van der Waals surface area contributed by atoms with Crippen molar-refractivity contribution in [3.05, 3.63) is 58.6 Å². The van der Waals surface area contributed by atoms with Crippen molar-refractivity contribution in [1.82, 2.24) is 4.90 Å². The van der Waals surface area contributed by atoms with Crippen LogP contribution in [0.5, 0.6) is 11.5 Å². The molecule has 1 saturated heterocycles. The zero-order valence-electron chi connectivity index (χ0n) is 15.0. The van der Waals surface area contributed by atoms with Gasteiger partial charge in [0.05, 0.1) is 6.07 Å². The average Bonchev–Trinajstić information content (AvgIpc) is 2.62. The van der Waals surface area contributed by atoms with E-state index in [0.717, 1.165) is 0 Å². The fourth-order valence-corrected chi connectivity index (χ4v) is 3.04. The summed E-state index contributed by atoms with van der Waals surface area (Å²) < 4.78 is 16.5. The van der Waals surface area contributed by atoms with E-state index in [9.17, 15) is 9.59 Å². The maximum Gasteiger partial charge on any atom is 0.339 e. The second-order valence-corrected chi connectivity index (χ2v) is 6.44. The van der Waals surface area contributed by atoms with E-state index in [-0.39, 0.29) is 12.0 Å². The number of hydrogen-bond donors (Lipinski definition) is 0. The van der Waals surface area contributed by atoms with Crippen LogP contribution in [-0.4, -0.2) is 36.1 Å². The number of rotatable bonds is 5. The maximum absolute atomic E-state index is 12.6. The van der Waals surface area contributed by atoms with Gasteiger partial charge in [-0.25, -0.2) is 4.79 Å². The highest BCUT2D eigenvalue weighted by molar-refractivity contribution is 5.81. The molecule has 0 spiro atoms. The molecule has 6 nitrogen and oxygen atoms in total. The lowest BCUT2D eigenvalue weighted by atomic mass is 10.1. The second kappa shape index (κ2) is 8.08. The minimum atomic E-state index is -0.531. The number of piperidine rings is 1. The molecule has 2 aromatic rings. The molecule has 0 saturated carbocycles. The van der Waals surface area contributed by atoms with Gasteiger partial charge in [-0.2, -0.15) is 0 Å². The third kappa shape index (κ3) is 4.65. The van der Waals surface area contributed by atoms with Crippen LogP contribution < -0.4 is 15.1 Å². The predicted molar refractivity (Wildman–Crippen MR) is 96.5 cm³/mol. The summed E-state index contributed by atoms with van der Waals surface area (Å²) >= 11 is 0. The Morgan fingerprint density at radius 3 is 2.50 bits per heavy atom. The van der Waals surface area contributed by atoms with Crippen molar-refractivity contribution in [2.24, 2.45) is 0 Å². The van der Waals surface area contributed by atoms with Crippen molar-refractivity contribution in [3.63, 3.8) is 0 Å². The van der Waals surface area contributed by atoms with Gasteiger partial charge in [0.2, 0.25) is 0 Å². The first-order chi connectivity index (χ1) is 12.5. The van der Waals surface area contributed by atoms with Crippen LogP contribution in [0.2, 0.25) is 0 Å². The van der Waals surface area contributed by atoms with Gasteiger partial charge in [-0.05, 0) is 26.0 Å². The Labute approximate surface area is 152 Å². The first kappa shape index (κ1) is 18.0. The minimum Gasteiger partial charge on any atom is -0.490 e. The lowest BCUT2D eigenvalue weighted by Crippen LogP contribution is -2.46. The summed E-state index contributed by atoms with van der Waals surface area (Å²) in [6.07, 6.45) is 0.869. The van der Waals surface area contributed by atoms with Crippen molar-refractivity contribution in [3.8, 4) is 11.5 Å². The van der Waals surface area contributed by atoms with Gasteiger partial charge in [-0.1, -0.05) is 18.2 Å². The van der Waals surface area contributed by atoms with E-state index in [1.165, 1.54) is 6.07 Å². The van der Waals surface area contributed by atoms with Crippen LogP contribution in [0.3, 0.4) is 0 Å². The molecule has 1 unspecified atom stereocenters. The summed E-state index contributed by atoms with van der Waals surface area (Å²) in [5.74, 6) is 1.70. The Bertz CT molecular complexity index is 793. The van der Waals surface area contributed by atoms with Crippen LogP contribution in [0.25, 0.3) is 0 Å². The first-order valence-corrected chi connectivity index (χ1v) is 8.80. The number of carbonyl (C=O) groups excluding carboxylic acids is 1. The first-order valence-electron chi connectivity index (χ1n) is 8.80. The molecule has 2 heterocycles. The van der Waals surface area contributed by atoms with Crippen LogP contribution in [0.4, 0.5) is 0 Å². The van der Waals surface area contributed by atoms with Gasteiger partial charge in [-0.3, -0.25) is 4.79 Å². The largest absolute Gasteiger partial charge is 0.490 e. The van der Waals surface area contributed by atoms with Crippen LogP contribution in [0.15, 0.2) is 51.7 Å². The minimum absolute atomic E-state index is 0.0226. The number of likely N-dealkylation sites (tertiary alicyclic amines) is 1. The Hall–Kier alpha value is -2.76. The average molecular weight is 357 g/mol. The molecule has 0 aliphatic carbocycles. The molecule has 1 fully saturated rings. The van der Waals surface area contributed by atoms with Crippen molar-refractivity contribution in [1.29, 1.82) is 0 Å². The van der Waals surface area contributed by atoms with E-state index < -0.39 is 11.7 Å². The van der Waals surface area contributed by atoms with E-state index in [1.807, 2.05) is 30.3 Å². The quantitative estimate of drug-likeness (QED) is 0.823. The Kier molecular flexibility index (Phi) is 5.61. The standard InChI is InChI=1S/C20H23NO5/c1-14-12-18(13-19(22)24-14)26-17-8-10-21(11-9-17)20(23)15(2)25-16-6-4-3-5-7-16/h3-7,12-13,15,17H,8-11H2,1-2H3. The van der Waals surface area contributed by atoms with Gasteiger partial charge in [-0.15, -0.1) is 0 Å². The summed E-state index contributed by atoms with van der Waals surface area (Å²) in [4.78, 5) is 25.8. The second-order valence-electron chi connectivity index (χ2n) is 6.44. The number of carbonyl (C=O) groups is 1. The van der Waals surface area contributed by atoms with Crippen molar-refractivity contribution in [2.45, 2.75) is 38.9 Å². The molecular formula is C20H23NO5. The van der Waals surface area contributed by atoms with Crippen molar-refractivity contribution >= 4 is 5.91 Å². The number of nitrogens with zero attached hydrogens (tertiary/aromatic N) is 1. The topological polar surface area (TPSA) is 69.0 Å². The molecule has 1 aromatic carbocycles. The molecule has 3 rings (SSSR count). The predicted octanol–water partition coefficient (Wildman–Crippen LogP) is 2.79. The molecule has 0 bridgehead atoms. The fraction of sp³-hybridized carbons (Fsp3) is 0.400. The van der Waals surface area contributed by atoms with Crippen molar-refractivity contribution < 1.29 is 18.7 Å². The monoisotopic (exact) mass is 357 g/mol. The van der Waals surface area contributed by atoms with E-state index in [0.29, 0.717) is 43.2 Å². The fourth-order valence-electron chi connectivity index (χ4n) is 3.04. The number of ether oxygens (including phenoxy) is 2. The van der Waals surface area contributed by atoms with Crippen LogP contribution in [-0.2, 0) is 4.79 Å². The molecule has 0 N–H and O–H groups in total. The molecule has 1 aliphatic heterocycles. The highest BCUT2D eigenvalue weighted by Crippen LogP contribution is 2.20. The van der Waals surface area contributed by atoms with Gasteiger partial charge in [0, 0.05) is 32.0 Å². The zero-order chi connectivity index (χ0) is 18.5. The third-order valence-electron chi connectivity index (χ3n) is 4.33. The van der Waals surface area contributed by atoms with Gasteiger partial charge in [0.15, 0.2) is 6.10 Å². The summed E-state index contributed by atoms with van der Waals surface area (Å²) in [6.45, 7) is 4.69. The Morgan fingerprint density at radius 1 is 1.15 bits per heavy atom. The molecule has 1 aliphatic rings. The SMILES string of the molecule is Cc1cc(OC2CCN(C(=O)C(C)Oc3ccccc3)CC2)cc(=O)o1. The van der Waals surface area contributed by atoms with E-state index in [1.54, 1.807) is 24.8 Å². The number of amides is 1. The third-order valence-corrected chi connectivity index (χ3v) is 4.33. The summed E-state index contributed by atoms with van der Waals surface area (Å²) in [7, 11) is 0. The number of aryl methyl sites for hydroxylation is 1. The maximum atomic E-state index is 12.6. The number of benzene rings is 1. The normalized spacial score (nSPS) is 16.2. The van der Waals surface area contributed by atoms with Crippen LogP contribution in [0, 0.1) is 6.92 Å². The van der Waals surface area contributed by atoms with Gasteiger partial charge >= 0.3 is 5.63 Å². The molecule has 1 aromatic heterocycles. The van der Waals surface area contributed by atoms with E-state index in [2.05, 4.69) is 0 Å². The van der Waals surface area contributed by atoms with Crippen LogP contribution >= 0.6 is 0 Å². The molecule has 1 amide bonds. The van der Waals surface area contributed by atoms with E-state index >= 15 is 0 Å². The lowest BCUT2D eigenvalue weighted by molar-refractivity contribution is -0.139. The number of hydrogen-bond acceptors (Lipinski definition) is 5. The van der Waals surface area contributed by atoms with Crippen molar-refractivity contribution in [2.75, 3.05) is 13.1 Å². The highest BCUT2D eigenvalue weighted by Gasteiger charge is 2.28. The van der Waals surface area contributed by atoms with Gasteiger partial charge in [0.25, 0.3) is 5.91 Å². The van der Waals surface area contributed by atoms with E-state index in [4.69, 9.17) is 13.9 Å². The Morgan fingerprint density at radius 2 is 1.85 bits per heavy atom. The smallest absolute Gasteiger partial charge is 0.339 e. The highest BCUT2D eigenvalue weighted by atomic mass is 16.5. The van der Waals surface area contributed by atoms with Gasteiger partial charge < -0.3 is 18.8 Å². The van der Waals surface area contributed by atoms with Crippen LogP contribution in [0.1, 0.15) is 25.5 Å². The molecule has 1 atom stereocenters. The summed E-state index contributed by atoms with van der Waals surface area (Å²) in [5.41, 5.74) is -0.417.